The number of rotatable bonds is 3. The third-order valence-electron chi connectivity index (χ3n) is 3.13. The lowest BCUT2D eigenvalue weighted by molar-refractivity contribution is -0.137. The van der Waals surface area contributed by atoms with E-state index in [4.69, 9.17) is 6.11 Å². The van der Waals surface area contributed by atoms with Crippen LogP contribution in [0.5, 0.6) is 0 Å². The molecule has 1 heterocycles. The van der Waals surface area contributed by atoms with E-state index < -0.39 is 6.58 Å². The quantitative estimate of drug-likeness (QED) is 0.731. The molecule has 1 saturated heterocycles. The summed E-state index contributed by atoms with van der Waals surface area (Å²) in [6, 6.07) is 8.39. The number of carbonyl (C=O) groups is 1. The molecule has 0 N–H and O–H groups in total. The summed E-state index contributed by atoms with van der Waals surface area (Å²) in [5.74, 6) is -0.239. The van der Waals surface area contributed by atoms with E-state index in [-0.39, 0.29) is 11.4 Å². The Kier molecular flexibility index (Phi) is 2.65. The summed E-state index contributed by atoms with van der Waals surface area (Å²) in [4.78, 5) is 11.2. The van der Waals surface area contributed by atoms with Crippen LogP contribution in [0.25, 0.3) is 0 Å². The van der Waals surface area contributed by atoms with Crippen LogP contribution in [0.15, 0.2) is 24.3 Å². The number of carbonyl (C=O) groups excluding carboxylic acids is 1. The van der Waals surface area contributed by atoms with Gasteiger partial charge >= 0.3 is 5.97 Å². The van der Waals surface area contributed by atoms with Crippen molar-refractivity contribution in [2.75, 3.05) is 6.58 Å². The second-order valence-corrected chi connectivity index (χ2v) is 4.92. The lowest BCUT2D eigenvalue weighted by Crippen LogP contribution is -2.17. The van der Waals surface area contributed by atoms with Crippen molar-refractivity contribution >= 4 is 5.97 Å². The van der Waals surface area contributed by atoms with Gasteiger partial charge in [-0.15, -0.1) is 0 Å². The maximum atomic E-state index is 11.2. The van der Waals surface area contributed by atoms with Crippen LogP contribution in [0.2, 0.25) is 0 Å². The topological polar surface area (TPSA) is 26.3 Å². The molecule has 2 unspecified atom stereocenters. The Hall–Kier alpha value is -1.31. The zero-order chi connectivity index (χ0) is 12.5. The Morgan fingerprint density at radius 2 is 2.12 bits per heavy atom. The number of ether oxygens (including phenoxy) is 1. The van der Waals surface area contributed by atoms with E-state index in [1.54, 1.807) is 0 Å². The molecule has 0 radical (unpaired) electrons. The molecule has 0 saturated carbocycles. The fourth-order valence-electron chi connectivity index (χ4n) is 1.95. The zero-order valence-corrected chi connectivity index (χ0v) is 9.82. The van der Waals surface area contributed by atoms with Crippen LogP contribution in [0.1, 0.15) is 32.3 Å². The van der Waals surface area contributed by atoms with Crippen LogP contribution < -0.4 is 0 Å². The van der Waals surface area contributed by atoms with Crippen molar-refractivity contribution in [1.29, 1.82) is 0 Å². The van der Waals surface area contributed by atoms with Gasteiger partial charge in [0.1, 0.15) is 0 Å². The van der Waals surface area contributed by atoms with Crippen molar-refractivity contribution in [3.63, 3.8) is 0 Å². The van der Waals surface area contributed by atoms with Gasteiger partial charge in [-0.25, -0.2) is 0 Å². The first-order valence-corrected chi connectivity index (χ1v) is 5.67. The fraction of sp³-hybridized carbons (Fsp3) is 0.500. The molecule has 1 fully saturated rings. The molecule has 0 spiro atoms. The molecular formula is C14H18O2. The highest BCUT2D eigenvalue weighted by Crippen LogP contribution is 2.33. The molecule has 0 bridgehead atoms. The monoisotopic (exact) mass is 219 g/mol. The smallest absolute Gasteiger partial charge is 0.306 e. The van der Waals surface area contributed by atoms with E-state index in [9.17, 15) is 4.79 Å². The average molecular weight is 219 g/mol. The number of hydrogen-bond acceptors (Lipinski definition) is 2. The SMILES string of the molecule is [2H]C1OC(=O)CC1(C)CCc1ccc(C)cc1. The van der Waals surface area contributed by atoms with Gasteiger partial charge in [-0.3, -0.25) is 4.79 Å². The number of aryl methyl sites for hydroxylation is 2. The molecule has 2 atom stereocenters. The van der Waals surface area contributed by atoms with Crippen molar-refractivity contribution < 1.29 is 10.9 Å². The molecule has 0 aromatic heterocycles. The average Bonchev–Trinajstić information content (AvgIpc) is 2.52. The summed E-state index contributed by atoms with van der Waals surface area (Å²) in [5, 5.41) is 0. The van der Waals surface area contributed by atoms with Gasteiger partial charge in [-0.2, -0.15) is 0 Å². The molecule has 1 aromatic carbocycles. The molecule has 1 aliphatic heterocycles. The first-order chi connectivity index (χ1) is 7.99. The number of cyclic esters (lactones) is 1. The standard InChI is InChI=1S/C14H18O2/c1-11-3-5-12(6-4-11)7-8-14(2)9-13(15)16-10-14/h3-6H,7-10H2,1-2H3/i10D. The molecule has 86 valence electrons. The van der Waals surface area contributed by atoms with Crippen molar-refractivity contribution in [2.45, 2.75) is 33.1 Å². The summed E-state index contributed by atoms with van der Waals surface area (Å²) >= 11 is 0. The predicted molar refractivity (Wildman–Crippen MR) is 63.2 cm³/mol. The van der Waals surface area contributed by atoms with E-state index in [2.05, 4.69) is 31.2 Å². The van der Waals surface area contributed by atoms with Crippen LogP contribution in [0, 0.1) is 12.3 Å². The van der Waals surface area contributed by atoms with Gasteiger partial charge in [0.25, 0.3) is 0 Å². The van der Waals surface area contributed by atoms with Crippen LogP contribution >= 0.6 is 0 Å². The normalized spacial score (nSPS) is 30.0. The molecule has 16 heavy (non-hydrogen) atoms. The predicted octanol–water partition coefficient (Wildman–Crippen LogP) is 2.88. The highest BCUT2D eigenvalue weighted by Gasteiger charge is 2.35. The molecular weight excluding hydrogens is 200 g/mol. The lowest BCUT2D eigenvalue weighted by atomic mass is 9.83. The minimum atomic E-state index is -0.708. The van der Waals surface area contributed by atoms with Gasteiger partial charge in [0, 0.05) is 5.41 Å². The Balaban J connectivity index is 1.98. The van der Waals surface area contributed by atoms with Gasteiger partial charge in [0.2, 0.25) is 0 Å². The van der Waals surface area contributed by atoms with Crippen LogP contribution in [-0.2, 0) is 16.0 Å². The number of esters is 1. The summed E-state index contributed by atoms with van der Waals surface area (Å²) in [5.41, 5.74) is 2.17. The third-order valence-corrected chi connectivity index (χ3v) is 3.13. The highest BCUT2D eigenvalue weighted by molar-refractivity contribution is 5.72. The van der Waals surface area contributed by atoms with Gasteiger partial charge < -0.3 is 4.74 Å². The van der Waals surface area contributed by atoms with Gasteiger partial charge in [0.15, 0.2) is 0 Å². The third kappa shape index (κ3) is 2.63. The van der Waals surface area contributed by atoms with Crippen LogP contribution in [0.3, 0.4) is 0 Å². The van der Waals surface area contributed by atoms with Crippen LogP contribution in [0.4, 0.5) is 0 Å². The van der Waals surface area contributed by atoms with Gasteiger partial charge in [0.05, 0.1) is 14.4 Å². The minimum absolute atomic E-state index is 0.239. The lowest BCUT2D eigenvalue weighted by Gasteiger charge is -2.19. The molecule has 1 aliphatic rings. The first kappa shape index (κ1) is 9.88. The van der Waals surface area contributed by atoms with Crippen molar-refractivity contribution in [3.05, 3.63) is 35.4 Å². The Bertz CT molecular complexity index is 413. The maximum absolute atomic E-state index is 11.2. The second kappa shape index (κ2) is 4.28. The van der Waals surface area contributed by atoms with Crippen molar-refractivity contribution in [1.82, 2.24) is 0 Å². The Morgan fingerprint density at radius 3 is 2.69 bits per heavy atom. The summed E-state index contributed by atoms with van der Waals surface area (Å²) in [6.07, 6.45) is 2.08. The van der Waals surface area contributed by atoms with E-state index in [0.29, 0.717) is 6.42 Å². The van der Waals surface area contributed by atoms with E-state index in [1.807, 2.05) is 6.92 Å². The Labute approximate surface area is 98.0 Å². The molecule has 2 rings (SSSR count). The molecule has 0 amide bonds. The van der Waals surface area contributed by atoms with E-state index in [0.717, 1.165) is 12.8 Å². The number of benzene rings is 1. The molecule has 2 heteroatoms. The molecule has 1 aromatic rings. The fourth-order valence-corrected chi connectivity index (χ4v) is 1.95. The van der Waals surface area contributed by atoms with E-state index in [1.165, 1.54) is 11.1 Å². The highest BCUT2D eigenvalue weighted by atomic mass is 16.5. The largest absolute Gasteiger partial charge is 0.465 e. The molecule has 0 aliphatic carbocycles. The first-order valence-electron chi connectivity index (χ1n) is 6.25. The van der Waals surface area contributed by atoms with Crippen LogP contribution in [-0.4, -0.2) is 12.6 Å². The zero-order valence-electron chi connectivity index (χ0n) is 10.8. The van der Waals surface area contributed by atoms with Gasteiger partial charge in [-0.1, -0.05) is 36.8 Å². The van der Waals surface area contributed by atoms with Crippen molar-refractivity contribution in [2.24, 2.45) is 5.41 Å². The van der Waals surface area contributed by atoms with E-state index >= 15 is 0 Å². The maximum Gasteiger partial charge on any atom is 0.306 e. The molecule has 2 nitrogen and oxygen atoms in total. The number of hydrogen-bond donors (Lipinski definition) is 0. The minimum Gasteiger partial charge on any atom is -0.465 e. The van der Waals surface area contributed by atoms with Gasteiger partial charge in [-0.05, 0) is 25.3 Å². The Morgan fingerprint density at radius 1 is 1.44 bits per heavy atom. The second-order valence-electron chi connectivity index (χ2n) is 4.92. The summed E-state index contributed by atoms with van der Waals surface area (Å²) in [6.45, 7) is 3.32. The van der Waals surface area contributed by atoms with Crippen molar-refractivity contribution in [3.8, 4) is 0 Å². The summed E-state index contributed by atoms with van der Waals surface area (Å²) < 4.78 is 12.7. The summed E-state index contributed by atoms with van der Waals surface area (Å²) in [7, 11) is 0.